The van der Waals surface area contributed by atoms with E-state index in [1.54, 1.807) is 11.3 Å². The van der Waals surface area contributed by atoms with Gasteiger partial charge in [-0.05, 0) is 32.9 Å². The Balaban J connectivity index is 2.40. The number of thiazole rings is 1. The van der Waals surface area contributed by atoms with E-state index < -0.39 is 12.7 Å². The van der Waals surface area contributed by atoms with Crippen molar-refractivity contribution in [2.24, 2.45) is 4.99 Å². The molecule has 25 heavy (non-hydrogen) atoms. The predicted molar refractivity (Wildman–Crippen MR) is 97.2 cm³/mol. The number of hydrogen-bond acceptors (Lipinski definition) is 4. The summed E-state index contributed by atoms with van der Waals surface area (Å²) < 4.78 is 36.8. The van der Waals surface area contributed by atoms with Gasteiger partial charge in [0.05, 0.1) is 18.8 Å². The van der Waals surface area contributed by atoms with E-state index >= 15 is 0 Å². The molecule has 0 saturated carbocycles. The Morgan fingerprint density at radius 3 is 2.64 bits per heavy atom. The molecule has 144 valence electrons. The fraction of sp³-hybridized carbons (Fsp3) is 0.750. The number of halogens is 3. The molecule has 0 saturated heterocycles. The molecule has 0 bridgehead atoms. The Morgan fingerprint density at radius 2 is 2.08 bits per heavy atom. The van der Waals surface area contributed by atoms with Gasteiger partial charge in [0.1, 0.15) is 5.01 Å². The lowest BCUT2D eigenvalue weighted by atomic mass is 10.2. The lowest BCUT2D eigenvalue weighted by Crippen LogP contribution is -2.39. The highest BCUT2D eigenvalue weighted by atomic mass is 32.1. The van der Waals surface area contributed by atoms with Crippen LogP contribution in [-0.4, -0.2) is 55.2 Å². The summed E-state index contributed by atoms with van der Waals surface area (Å²) in [5.41, 5.74) is 1.07. The molecule has 1 heterocycles. The van der Waals surface area contributed by atoms with Gasteiger partial charge in [-0.1, -0.05) is 13.8 Å². The van der Waals surface area contributed by atoms with Crippen molar-refractivity contribution < 1.29 is 13.2 Å². The van der Waals surface area contributed by atoms with E-state index in [1.165, 1.54) is 11.9 Å². The number of aliphatic imine (C=N–C) groups is 1. The van der Waals surface area contributed by atoms with Gasteiger partial charge in [0.25, 0.3) is 0 Å². The smallest absolute Gasteiger partial charge is 0.357 e. The SMILES string of the molecule is CCNC(=NCc1nc(C(C)C)cs1)NCCCN(C)CC(F)(F)F. The maximum absolute atomic E-state index is 12.3. The van der Waals surface area contributed by atoms with Gasteiger partial charge in [-0.25, -0.2) is 9.98 Å². The highest BCUT2D eigenvalue weighted by molar-refractivity contribution is 7.09. The van der Waals surface area contributed by atoms with Crippen molar-refractivity contribution in [1.82, 2.24) is 20.5 Å². The molecule has 1 aromatic heterocycles. The molecular weight excluding hydrogens is 351 g/mol. The molecule has 0 fully saturated rings. The van der Waals surface area contributed by atoms with Crippen LogP contribution in [0.5, 0.6) is 0 Å². The van der Waals surface area contributed by atoms with Crippen LogP contribution in [0, 0.1) is 0 Å². The van der Waals surface area contributed by atoms with Crippen LogP contribution in [0.4, 0.5) is 13.2 Å². The van der Waals surface area contributed by atoms with Crippen LogP contribution >= 0.6 is 11.3 Å². The number of nitrogens with one attached hydrogen (secondary N) is 2. The van der Waals surface area contributed by atoms with Crippen molar-refractivity contribution in [3.05, 3.63) is 16.1 Å². The number of rotatable bonds is 9. The summed E-state index contributed by atoms with van der Waals surface area (Å²) in [6.07, 6.45) is -3.55. The molecule has 0 aliphatic rings. The predicted octanol–water partition coefficient (Wildman–Crippen LogP) is 3.21. The van der Waals surface area contributed by atoms with Crippen LogP contribution in [-0.2, 0) is 6.54 Å². The second-order valence-electron chi connectivity index (χ2n) is 6.15. The summed E-state index contributed by atoms with van der Waals surface area (Å²) in [5.74, 6) is 1.05. The van der Waals surface area contributed by atoms with Crippen molar-refractivity contribution >= 4 is 17.3 Å². The van der Waals surface area contributed by atoms with Gasteiger partial charge < -0.3 is 10.6 Å². The highest BCUT2D eigenvalue weighted by Crippen LogP contribution is 2.18. The quantitative estimate of drug-likeness (QED) is 0.393. The summed E-state index contributed by atoms with van der Waals surface area (Å²) in [4.78, 5) is 10.3. The third-order valence-corrected chi connectivity index (χ3v) is 4.19. The summed E-state index contributed by atoms with van der Waals surface area (Å²) in [5, 5.41) is 9.28. The first-order valence-corrected chi connectivity index (χ1v) is 9.31. The molecule has 0 amide bonds. The number of hydrogen-bond donors (Lipinski definition) is 2. The zero-order valence-electron chi connectivity index (χ0n) is 15.3. The minimum absolute atomic E-state index is 0.371. The van der Waals surface area contributed by atoms with Crippen LogP contribution in [0.15, 0.2) is 10.4 Å². The molecule has 5 nitrogen and oxygen atoms in total. The molecular formula is C16H28F3N5S. The standard InChI is InChI=1S/C16H28F3N5S/c1-5-20-15(21-7-6-8-24(4)11-16(17,18)19)22-9-14-23-13(10-25-14)12(2)3/h10,12H,5-9,11H2,1-4H3,(H2,20,21,22). The molecule has 0 aliphatic carbocycles. The first-order chi connectivity index (χ1) is 11.7. The van der Waals surface area contributed by atoms with E-state index in [-0.39, 0.29) is 0 Å². The van der Waals surface area contributed by atoms with Crippen LogP contribution < -0.4 is 10.6 Å². The lowest BCUT2D eigenvalue weighted by Gasteiger charge is -2.18. The number of nitrogens with zero attached hydrogens (tertiary/aromatic N) is 3. The zero-order chi connectivity index (χ0) is 18.9. The monoisotopic (exact) mass is 379 g/mol. The van der Waals surface area contributed by atoms with Crippen LogP contribution in [0.2, 0.25) is 0 Å². The molecule has 0 aliphatic heterocycles. The van der Waals surface area contributed by atoms with Gasteiger partial charge >= 0.3 is 6.18 Å². The van der Waals surface area contributed by atoms with E-state index in [0.29, 0.717) is 37.9 Å². The van der Waals surface area contributed by atoms with Gasteiger partial charge in [0.2, 0.25) is 0 Å². The summed E-state index contributed by atoms with van der Waals surface area (Å²) in [7, 11) is 1.47. The van der Waals surface area contributed by atoms with Gasteiger partial charge in [0.15, 0.2) is 5.96 Å². The van der Waals surface area contributed by atoms with E-state index in [9.17, 15) is 13.2 Å². The summed E-state index contributed by atoms with van der Waals surface area (Å²) >= 11 is 1.59. The van der Waals surface area contributed by atoms with E-state index in [0.717, 1.165) is 17.2 Å². The molecule has 9 heteroatoms. The second kappa shape index (κ2) is 10.6. The van der Waals surface area contributed by atoms with Crippen molar-refractivity contribution in [1.29, 1.82) is 0 Å². The van der Waals surface area contributed by atoms with Gasteiger partial charge in [-0.3, -0.25) is 4.90 Å². The van der Waals surface area contributed by atoms with Crippen molar-refractivity contribution in [2.45, 2.75) is 45.8 Å². The average Bonchev–Trinajstić information content (AvgIpc) is 2.96. The third kappa shape index (κ3) is 9.64. The Hall–Kier alpha value is -1.35. The van der Waals surface area contributed by atoms with Crippen LogP contribution in [0.1, 0.15) is 43.8 Å². The maximum atomic E-state index is 12.3. The number of aromatic nitrogens is 1. The molecule has 1 rings (SSSR count). The Morgan fingerprint density at radius 1 is 1.36 bits per heavy atom. The van der Waals surface area contributed by atoms with E-state index in [2.05, 4.69) is 34.5 Å². The second-order valence-corrected chi connectivity index (χ2v) is 7.09. The number of guanidine groups is 1. The molecule has 0 spiro atoms. The normalized spacial score (nSPS) is 12.9. The minimum Gasteiger partial charge on any atom is -0.357 e. The fourth-order valence-electron chi connectivity index (χ4n) is 2.09. The Kier molecular flexibility index (Phi) is 9.20. The molecule has 0 aromatic carbocycles. The Labute approximate surface area is 151 Å². The molecule has 1 aromatic rings. The van der Waals surface area contributed by atoms with Gasteiger partial charge in [-0.15, -0.1) is 11.3 Å². The van der Waals surface area contributed by atoms with E-state index in [4.69, 9.17) is 0 Å². The first kappa shape index (κ1) is 21.7. The molecule has 0 radical (unpaired) electrons. The minimum atomic E-state index is -4.15. The molecule has 0 atom stereocenters. The van der Waals surface area contributed by atoms with Crippen molar-refractivity contribution in [3.8, 4) is 0 Å². The van der Waals surface area contributed by atoms with Gasteiger partial charge in [-0.2, -0.15) is 13.2 Å². The summed E-state index contributed by atoms with van der Waals surface area (Å²) in [6.45, 7) is 7.42. The fourth-order valence-corrected chi connectivity index (χ4v) is 2.97. The van der Waals surface area contributed by atoms with Gasteiger partial charge in [0, 0.05) is 18.5 Å². The topological polar surface area (TPSA) is 52.6 Å². The molecule has 2 N–H and O–H groups in total. The Bertz CT molecular complexity index is 528. The third-order valence-electron chi connectivity index (χ3n) is 3.34. The molecule has 0 unspecified atom stereocenters. The van der Waals surface area contributed by atoms with Crippen molar-refractivity contribution in [3.63, 3.8) is 0 Å². The highest BCUT2D eigenvalue weighted by Gasteiger charge is 2.28. The largest absolute Gasteiger partial charge is 0.401 e. The lowest BCUT2D eigenvalue weighted by molar-refractivity contribution is -0.143. The average molecular weight is 379 g/mol. The summed E-state index contributed by atoms with van der Waals surface area (Å²) in [6, 6.07) is 0. The maximum Gasteiger partial charge on any atom is 0.401 e. The number of alkyl halides is 3. The zero-order valence-corrected chi connectivity index (χ0v) is 16.1. The first-order valence-electron chi connectivity index (χ1n) is 8.43. The van der Waals surface area contributed by atoms with Crippen LogP contribution in [0.3, 0.4) is 0 Å². The van der Waals surface area contributed by atoms with Crippen molar-refractivity contribution in [2.75, 3.05) is 33.2 Å². The van der Waals surface area contributed by atoms with E-state index in [1.807, 2.05) is 12.3 Å². The van der Waals surface area contributed by atoms with Crippen LogP contribution in [0.25, 0.3) is 0 Å².